The van der Waals surface area contributed by atoms with Crippen LogP contribution in [0.5, 0.6) is 0 Å². The first kappa shape index (κ1) is 19.6. The summed E-state index contributed by atoms with van der Waals surface area (Å²) in [4.78, 5) is 17.5. The highest BCUT2D eigenvalue weighted by molar-refractivity contribution is 7.84. The van der Waals surface area contributed by atoms with Gasteiger partial charge in [0.25, 0.3) is 5.91 Å². The van der Waals surface area contributed by atoms with Crippen LogP contribution in [0.2, 0.25) is 0 Å². The van der Waals surface area contributed by atoms with Crippen LogP contribution < -0.4 is 4.90 Å². The van der Waals surface area contributed by atoms with Crippen LogP contribution in [0.15, 0.2) is 59.5 Å². The third-order valence-electron chi connectivity index (χ3n) is 5.52. The van der Waals surface area contributed by atoms with Crippen LogP contribution in [-0.2, 0) is 11.0 Å². The zero-order valence-electron chi connectivity index (χ0n) is 16.2. The molecule has 29 heavy (non-hydrogen) atoms. The van der Waals surface area contributed by atoms with E-state index in [1.807, 2.05) is 36.4 Å². The third-order valence-corrected chi connectivity index (χ3v) is 7.00. The van der Waals surface area contributed by atoms with E-state index in [1.54, 1.807) is 18.2 Å². The van der Waals surface area contributed by atoms with Gasteiger partial charge in [-0.05, 0) is 43.7 Å². The molecule has 0 saturated carbocycles. The Bertz CT molecular complexity index is 908. The summed E-state index contributed by atoms with van der Waals surface area (Å²) in [5, 5.41) is 9.60. The minimum absolute atomic E-state index is 0.139. The molecule has 1 fully saturated rings. The van der Waals surface area contributed by atoms with Gasteiger partial charge in [-0.1, -0.05) is 30.3 Å². The average molecular weight is 409 g/mol. The van der Waals surface area contributed by atoms with Crippen molar-refractivity contribution in [3.05, 3.63) is 60.2 Å². The predicted molar refractivity (Wildman–Crippen MR) is 113 cm³/mol. The van der Waals surface area contributed by atoms with Crippen LogP contribution in [0.25, 0.3) is 0 Å². The van der Waals surface area contributed by atoms with E-state index >= 15 is 0 Å². The number of carbonyl (C=O) groups excluding carboxylic acids is 1. The Kier molecular flexibility index (Phi) is 5.93. The fraction of sp³-hybridized carbons (Fsp3) is 0.364. The van der Waals surface area contributed by atoms with Crippen LogP contribution in [0, 0.1) is 11.3 Å². The van der Waals surface area contributed by atoms with E-state index in [4.69, 9.17) is 0 Å². The topological polar surface area (TPSA) is 67.6 Å². The second-order valence-electron chi connectivity index (χ2n) is 7.33. The van der Waals surface area contributed by atoms with E-state index in [9.17, 15) is 14.3 Å². The van der Waals surface area contributed by atoms with Gasteiger partial charge in [0.2, 0.25) is 0 Å². The van der Waals surface area contributed by atoms with Crippen molar-refractivity contribution in [3.63, 3.8) is 0 Å². The summed E-state index contributed by atoms with van der Waals surface area (Å²) in [7, 11) is -1.39. The molecule has 0 spiro atoms. The minimum atomic E-state index is -1.39. The number of hydrogen-bond acceptors (Lipinski definition) is 5. The molecule has 2 aliphatic rings. The van der Waals surface area contributed by atoms with Gasteiger partial charge < -0.3 is 4.90 Å². The monoisotopic (exact) mass is 408 g/mol. The maximum absolute atomic E-state index is 12.5. The summed E-state index contributed by atoms with van der Waals surface area (Å²) >= 11 is 0. The van der Waals surface area contributed by atoms with Gasteiger partial charge in [-0.2, -0.15) is 5.26 Å². The van der Waals surface area contributed by atoms with Crippen molar-refractivity contribution in [3.8, 4) is 6.07 Å². The van der Waals surface area contributed by atoms with Crippen molar-refractivity contribution in [1.29, 1.82) is 5.26 Å². The van der Waals surface area contributed by atoms with E-state index in [1.165, 1.54) is 4.31 Å². The average Bonchev–Trinajstić information content (AvgIpc) is 3.02. The van der Waals surface area contributed by atoms with Crippen molar-refractivity contribution in [2.45, 2.75) is 23.8 Å². The van der Waals surface area contributed by atoms with Crippen molar-refractivity contribution >= 4 is 22.6 Å². The molecule has 150 valence electrons. The number of nitrogens with zero attached hydrogens (tertiary/aromatic N) is 4. The van der Waals surface area contributed by atoms with E-state index in [0.717, 1.165) is 38.2 Å². The van der Waals surface area contributed by atoms with Gasteiger partial charge >= 0.3 is 0 Å². The maximum Gasteiger partial charge on any atom is 0.267 e. The van der Waals surface area contributed by atoms with Crippen LogP contribution in [0.3, 0.4) is 0 Å². The number of hydrogen-bond donors (Lipinski definition) is 0. The smallest absolute Gasteiger partial charge is 0.267 e. The highest BCUT2D eigenvalue weighted by Gasteiger charge is 2.33. The highest BCUT2D eigenvalue weighted by Crippen LogP contribution is 2.27. The second kappa shape index (κ2) is 8.76. The summed E-state index contributed by atoms with van der Waals surface area (Å²) in [6.07, 6.45) is 1.70. The molecule has 2 atom stereocenters. The highest BCUT2D eigenvalue weighted by atomic mass is 32.2. The lowest BCUT2D eigenvalue weighted by atomic mass is 10.1. The van der Waals surface area contributed by atoms with Crippen LogP contribution in [0.1, 0.15) is 23.2 Å². The lowest BCUT2D eigenvalue weighted by Crippen LogP contribution is -2.52. The number of benzene rings is 2. The van der Waals surface area contributed by atoms with Crippen LogP contribution in [-0.4, -0.2) is 58.1 Å². The van der Waals surface area contributed by atoms with E-state index in [-0.39, 0.29) is 11.9 Å². The fourth-order valence-corrected chi connectivity index (χ4v) is 5.30. The molecule has 6 nitrogen and oxygen atoms in total. The number of anilines is 1. The number of fused-ring (bicyclic) bond motifs is 1. The Hall–Kier alpha value is -2.69. The van der Waals surface area contributed by atoms with Gasteiger partial charge in [-0.25, -0.2) is 4.21 Å². The number of rotatable bonds is 6. The van der Waals surface area contributed by atoms with Crippen LogP contribution in [0.4, 0.5) is 5.69 Å². The lowest BCUT2D eigenvalue weighted by molar-refractivity contribution is 0.0872. The Morgan fingerprint density at radius 2 is 1.72 bits per heavy atom. The van der Waals surface area contributed by atoms with E-state index in [2.05, 4.69) is 15.9 Å². The molecule has 0 bridgehead atoms. The normalized spacial score (nSPS) is 21.8. The van der Waals surface area contributed by atoms with Gasteiger partial charge in [0, 0.05) is 31.9 Å². The van der Waals surface area contributed by atoms with E-state index < -0.39 is 11.0 Å². The quantitative estimate of drug-likeness (QED) is 0.688. The molecule has 0 radical (unpaired) electrons. The predicted octanol–water partition coefficient (Wildman–Crippen LogP) is 2.66. The van der Waals surface area contributed by atoms with Crippen molar-refractivity contribution in [2.24, 2.45) is 0 Å². The largest absolute Gasteiger partial charge is 0.353 e. The zero-order valence-corrected chi connectivity index (χ0v) is 17.1. The van der Waals surface area contributed by atoms with Gasteiger partial charge in [0.05, 0.1) is 16.5 Å². The second-order valence-corrected chi connectivity index (χ2v) is 8.71. The summed E-state index contributed by atoms with van der Waals surface area (Å²) in [6.45, 7) is 3.82. The number of amides is 1. The Morgan fingerprint density at radius 1 is 1.00 bits per heavy atom. The Morgan fingerprint density at radius 3 is 2.48 bits per heavy atom. The maximum atomic E-state index is 12.5. The van der Waals surface area contributed by atoms with Gasteiger partial charge in [0.15, 0.2) is 11.0 Å². The Balaban J connectivity index is 1.26. The molecule has 2 aromatic rings. The third kappa shape index (κ3) is 4.04. The summed E-state index contributed by atoms with van der Waals surface area (Å²) in [5.41, 5.74) is 1.65. The molecule has 2 heterocycles. The molecule has 7 heteroatoms. The van der Waals surface area contributed by atoms with Gasteiger partial charge in [-0.15, -0.1) is 0 Å². The summed E-state index contributed by atoms with van der Waals surface area (Å²) in [5.74, 6) is -0.139. The number of carbonyl (C=O) groups is 1. The molecule has 4 rings (SSSR count). The first-order valence-electron chi connectivity index (χ1n) is 9.95. The fourth-order valence-electron chi connectivity index (χ4n) is 3.98. The zero-order chi connectivity index (χ0) is 20.2. The number of unbranched alkanes of at least 4 members (excludes halogenated alkanes) is 1. The van der Waals surface area contributed by atoms with Crippen molar-refractivity contribution in [2.75, 3.05) is 37.6 Å². The molecule has 0 aromatic heterocycles. The number of nitriles is 1. The molecular formula is C22H24N4O2S. The minimum Gasteiger partial charge on any atom is -0.353 e. The van der Waals surface area contributed by atoms with Gasteiger partial charge in [-0.3, -0.25) is 14.0 Å². The van der Waals surface area contributed by atoms with E-state index in [0.29, 0.717) is 23.5 Å². The number of para-hydroxylation sites is 1. The van der Waals surface area contributed by atoms with Crippen molar-refractivity contribution in [1.82, 2.24) is 9.21 Å². The lowest BCUT2D eigenvalue weighted by Gasteiger charge is -2.39. The summed E-state index contributed by atoms with van der Waals surface area (Å²) < 4.78 is 14.0. The SMILES string of the molecule is N#CC1CN(CCCCN2C(=O)c3ccccc3S2=O)CCN1c1ccccc1. The molecule has 0 aliphatic carbocycles. The number of piperazine rings is 1. The Labute approximate surface area is 173 Å². The molecule has 1 amide bonds. The summed E-state index contributed by atoms with van der Waals surface area (Å²) in [6, 6.07) is 19.5. The molecule has 2 aromatic carbocycles. The molecule has 0 N–H and O–H groups in total. The van der Waals surface area contributed by atoms with Gasteiger partial charge in [0.1, 0.15) is 6.04 Å². The molecule has 2 unspecified atom stereocenters. The van der Waals surface area contributed by atoms with Crippen LogP contribution >= 0.6 is 0 Å². The van der Waals surface area contributed by atoms with Crippen molar-refractivity contribution < 1.29 is 9.00 Å². The first-order valence-corrected chi connectivity index (χ1v) is 11.1. The first-order chi connectivity index (χ1) is 14.2. The molecule has 2 aliphatic heterocycles. The molecule has 1 saturated heterocycles. The molecular weight excluding hydrogens is 384 g/mol. The standard InChI is InChI=1S/C22H24N4O2S/c23-16-19-17-24(14-15-25(19)18-8-2-1-3-9-18)12-6-7-13-26-22(27)20-10-4-5-11-21(20)29(26)28/h1-5,8-11,19H,6-7,12-15,17H2.